The number of thioether (sulfide) groups is 1. The summed E-state index contributed by atoms with van der Waals surface area (Å²) in [4.78, 5) is 1.33. The second-order valence-electron chi connectivity index (χ2n) is 4.86. The van der Waals surface area contributed by atoms with E-state index in [2.05, 4.69) is 39.8 Å². The SMILES string of the molecule is CSCC(C)NS(=O)(=O)c1cc(CNC(C)C)sc1Br. The standard InChI is InChI=1S/C12H21BrN2O2S3/c1-8(2)14-6-10-5-11(12(13)19-10)20(16,17)15-9(3)7-18-4/h5,8-9,14-15H,6-7H2,1-4H3. The minimum absolute atomic E-state index is 0.0842. The van der Waals surface area contributed by atoms with Gasteiger partial charge in [-0.1, -0.05) is 13.8 Å². The molecule has 1 aromatic rings. The Labute approximate surface area is 138 Å². The molecule has 0 aliphatic rings. The predicted molar refractivity (Wildman–Crippen MR) is 92.2 cm³/mol. The minimum Gasteiger partial charge on any atom is -0.310 e. The predicted octanol–water partition coefficient (Wildman–Crippen LogP) is 3.04. The van der Waals surface area contributed by atoms with Crippen LogP contribution in [0.15, 0.2) is 14.7 Å². The topological polar surface area (TPSA) is 58.2 Å². The average molecular weight is 401 g/mol. The van der Waals surface area contributed by atoms with Gasteiger partial charge in [-0.25, -0.2) is 13.1 Å². The van der Waals surface area contributed by atoms with Crippen molar-refractivity contribution in [1.29, 1.82) is 0 Å². The van der Waals surface area contributed by atoms with Crippen molar-refractivity contribution in [1.82, 2.24) is 10.0 Å². The van der Waals surface area contributed by atoms with Gasteiger partial charge in [0, 0.05) is 29.3 Å². The molecular weight excluding hydrogens is 380 g/mol. The molecule has 1 atom stereocenters. The lowest BCUT2D eigenvalue weighted by atomic mass is 10.4. The van der Waals surface area contributed by atoms with Crippen molar-refractivity contribution < 1.29 is 8.42 Å². The molecule has 1 unspecified atom stereocenters. The van der Waals surface area contributed by atoms with Gasteiger partial charge in [0.05, 0.1) is 3.79 Å². The van der Waals surface area contributed by atoms with Crippen LogP contribution in [-0.4, -0.2) is 32.5 Å². The maximum absolute atomic E-state index is 12.3. The first-order chi connectivity index (χ1) is 9.26. The zero-order valence-corrected chi connectivity index (χ0v) is 16.1. The van der Waals surface area contributed by atoms with Crippen LogP contribution in [0.4, 0.5) is 0 Å². The molecule has 4 nitrogen and oxygen atoms in total. The fourth-order valence-electron chi connectivity index (χ4n) is 1.59. The summed E-state index contributed by atoms with van der Waals surface area (Å²) < 4.78 is 28.0. The first kappa shape index (κ1) is 18.4. The lowest BCUT2D eigenvalue weighted by Crippen LogP contribution is -2.34. The number of hydrogen-bond donors (Lipinski definition) is 2. The highest BCUT2D eigenvalue weighted by Crippen LogP contribution is 2.31. The summed E-state index contributed by atoms with van der Waals surface area (Å²) in [6, 6.07) is 2.02. The largest absolute Gasteiger partial charge is 0.310 e. The molecule has 1 heterocycles. The highest BCUT2D eigenvalue weighted by atomic mass is 79.9. The van der Waals surface area contributed by atoms with Gasteiger partial charge in [0.2, 0.25) is 10.0 Å². The van der Waals surface area contributed by atoms with E-state index in [4.69, 9.17) is 0 Å². The third-order valence-corrected chi connectivity index (χ3v) is 7.13. The maximum atomic E-state index is 12.3. The summed E-state index contributed by atoms with van der Waals surface area (Å²) in [5.41, 5.74) is 0. The van der Waals surface area contributed by atoms with Crippen molar-refractivity contribution in [2.75, 3.05) is 12.0 Å². The van der Waals surface area contributed by atoms with Crippen molar-refractivity contribution in [3.63, 3.8) is 0 Å². The number of hydrogen-bond acceptors (Lipinski definition) is 5. The van der Waals surface area contributed by atoms with Gasteiger partial charge in [0.1, 0.15) is 4.90 Å². The second-order valence-corrected chi connectivity index (χ2v) is 9.91. The third-order valence-electron chi connectivity index (χ3n) is 2.45. The Balaban J connectivity index is 2.84. The molecule has 0 saturated heterocycles. The Morgan fingerprint density at radius 3 is 2.60 bits per heavy atom. The van der Waals surface area contributed by atoms with Gasteiger partial charge in [0.25, 0.3) is 0 Å². The molecule has 0 aliphatic carbocycles. The van der Waals surface area contributed by atoms with Crippen LogP contribution in [0.2, 0.25) is 0 Å². The van der Waals surface area contributed by atoms with Crippen LogP contribution in [0, 0.1) is 0 Å². The van der Waals surface area contributed by atoms with Gasteiger partial charge >= 0.3 is 0 Å². The van der Waals surface area contributed by atoms with Gasteiger partial charge in [-0.15, -0.1) is 11.3 Å². The molecule has 0 aromatic carbocycles. The molecule has 0 bridgehead atoms. The van der Waals surface area contributed by atoms with Gasteiger partial charge in [-0.05, 0) is 35.2 Å². The van der Waals surface area contributed by atoms with Crippen molar-refractivity contribution >= 4 is 49.1 Å². The van der Waals surface area contributed by atoms with Crippen LogP contribution in [0.5, 0.6) is 0 Å². The van der Waals surface area contributed by atoms with E-state index in [0.29, 0.717) is 21.3 Å². The molecule has 2 N–H and O–H groups in total. The molecule has 0 radical (unpaired) electrons. The molecule has 1 aromatic heterocycles. The van der Waals surface area contributed by atoms with Gasteiger partial charge in [-0.3, -0.25) is 0 Å². The van der Waals surface area contributed by atoms with E-state index >= 15 is 0 Å². The van der Waals surface area contributed by atoms with Crippen LogP contribution in [0.25, 0.3) is 0 Å². The van der Waals surface area contributed by atoms with E-state index in [1.165, 1.54) is 11.3 Å². The van der Waals surface area contributed by atoms with Crippen LogP contribution < -0.4 is 10.0 Å². The first-order valence-electron chi connectivity index (χ1n) is 6.29. The molecule has 8 heteroatoms. The van der Waals surface area contributed by atoms with Crippen LogP contribution in [0.1, 0.15) is 25.6 Å². The first-order valence-corrected chi connectivity index (χ1v) is 10.8. The molecule has 0 fully saturated rings. The van der Waals surface area contributed by atoms with E-state index < -0.39 is 10.0 Å². The monoisotopic (exact) mass is 400 g/mol. The zero-order valence-electron chi connectivity index (χ0n) is 12.1. The Morgan fingerprint density at radius 2 is 2.05 bits per heavy atom. The fraction of sp³-hybridized carbons (Fsp3) is 0.667. The molecule has 0 aliphatic heterocycles. The van der Waals surface area contributed by atoms with E-state index in [1.54, 1.807) is 17.8 Å². The highest BCUT2D eigenvalue weighted by molar-refractivity contribution is 9.11. The number of thiophene rings is 1. The quantitative estimate of drug-likeness (QED) is 0.703. The average Bonchev–Trinajstić information content (AvgIpc) is 2.68. The van der Waals surface area contributed by atoms with E-state index in [1.807, 2.05) is 13.2 Å². The minimum atomic E-state index is -3.46. The van der Waals surface area contributed by atoms with Gasteiger partial charge in [-0.2, -0.15) is 11.8 Å². The molecule has 0 saturated carbocycles. The summed E-state index contributed by atoms with van der Waals surface area (Å²) in [5, 5.41) is 3.29. The number of nitrogens with one attached hydrogen (secondary N) is 2. The second kappa shape index (κ2) is 8.14. The normalized spacial score (nSPS) is 13.9. The van der Waals surface area contributed by atoms with E-state index in [-0.39, 0.29) is 6.04 Å². The van der Waals surface area contributed by atoms with Crippen molar-refractivity contribution in [3.8, 4) is 0 Å². The molecule has 116 valence electrons. The van der Waals surface area contributed by atoms with Crippen LogP contribution >= 0.6 is 39.0 Å². The maximum Gasteiger partial charge on any atom is 0.242 e. The lowest BCUT2D eigenvalue weighted by molar-refractivity contribution is 0.570. The Morgan fingerprint density at radius 1 is 1.40 bits per heavy atom. The Kier molecular flexibility index (Phi) is 7.51. The Bertz CT molecular complexity index is 529. The van der Waals surface area contributed by atoms with Crippen LogP contribution in [-0.2, 0) is 16.6 Å². The summed E-state index contributed by atoms with van der Waals surface area (Å²) >= 11 is 6.43. The number of sulfonamides is 1. The summed E-state index contributed by atoms with van der Waals surface area (Å²) in [6.07, 6.45) is 1.96. The Hall–Kier alpha value is 0.400. The summed E-state index contributed by atoms with van der Waals surface area (Å²) in [7, 11) is -3.46. The van der Waals surface area contributed by atoms with Crippen LogP contribution in [0.3, 0.4) is 0 Å². The molecule has 20 heavy (non-hydrogen) atoms. The van der Waals surface area contributed by atoms with Crippen molar-refractivity contribution in [2.45, 2.75) is 44.3 Å². The number of rotatable bonds is 8. The highest BCUT2D eigenvalue weighted by Gasteiger charge is 2.22. The summed E-state index contributed by atoms with van der Waals surface area (Å²) in [5.74, 6) is 0.753. The van der Waals surface area contributed by atoms with E-state index in [9.17, 15) is 8.42 Å². The third kappa shape index (κ3) is 5.65. The number of halogens is 1. The molecule has 0 spiro atoms. The van der Waals surface area contributed by atoms with Crippen molar-refractivity contribution in [3.05, 3.63) is 14.7 Å². The van der Waals surface area contributed by atoms with Crippen molar-refractivity contribution in [2.24, 2.45) is 0 Å². The fourth-order valence-corrected chi connectivity index (χ4v) is 6.15. The smallest absolute Gasteiger partial charge is 0.242 e. The van der Waals surface area contributed by atoms with E-state index in [0.717, 1.165) is 10.6 Å². The lowest BCUT2D eigenvalue weighted by Gasteiger charge is -2.12. The van der Waals surface area contributed by atoms with Gasteiger partial charge < -0.3 is 5.32 Å². The molecule has 0 amide bonds. The molecule has 1 rings (SSSR count). The summed E-state index contributed by atoms with van der Waals surface area (Å²) in [6.45, 7) is 6.67. The zero-order chi connectivity index (χ0) is 15.3. The van der Waals surface area contributed by atoms with Gasteiger partial charge in [0.15, 0.2) is 0 Å². The molecular formula is C12H21BrN2O2S3.